The van der Waals surface area contributed by atoms with E-state index in [1.54, 1.807) is 12.1 Å². The van der Waals surface area contributed by atoms with Crippen molar-refractivity contribution >= 4 is 11.1 Å². The smallest absolute Gasteiger partial charge is 0.227 e. The average molecular weight is 220 g/mol. The highest BCUT2D eigenvalue weighted by molar-refractivity contribution is 5.76. The van der Waals surface area contributed by atoms with Crippen LogP contribution in [-0.2, 0) is 0 Å². The summed E-state index contributed by atoms with van der Waals surface area (Å²) in [5.74, 6) is 0.545. The van der Waals surface area contributed by atoms with Crippen molar-refractivity contribution in [2.24, 2.45) is 0 Å². The number of benzene rings is 2. The molecule has 1 heterocycles. The van der Waals surface area contributed by atoms with Crippen LogP contribution in [0.25, 0.3) is 22.6 Å². The van der Waals surface area contributed by atoms with E-state index in [2.05, 4.69) is 11.1 Å². The second-order valence-corrected chi connectivity index (χ2v) is 3.68. The summed E-state index contributed by atoms with van der Waals surface area (Å²) in [6, 6.07) is 16.9. The lowest BCUT2D eigenvalue weighted by molar-refractivity contribution is 0.620. The van der Waals surface area contributed by atoms with Crippen molar-refractivity contribution in [2.45, 2.75) is 0 Å². The maximum atomic E-state index is 8.85. The molecule has 0 fully saturated rings. The van der Waals surface area contributed by atoms with Crippen LogP contribution in [0.15, 0.2) is 52.9 Å². The molecule has 0 N–H and O–H groups in total. The zero-order valence-electron chi connectivity index (χ0n) is 8.92. The van der Waals surface area contributed by atoms with Gasteiger partial charge < -0.3 is 4.42 Å². The highest BCUT2D eigenvalue weighted by atomic mass is 16.3. The van der Waals surface area contributed by atoms with E-state index < -0.39 is 0 Å². The van der Waals surface area contributed by atoms with Gasteiger partial charge in [-0.15, -0.1) is 0 Å². The molecular weight excluding hydrogens is 212 g/mol. The fourth-order valence-electron chi connectivity index (χ4n) is 1.72. The van der Waals surface area contributed by atoms with Gasteiger partial charge in [-0.05, 0) is 30.3 Å². The number of para-hydroxylation sites is 2. The van der Waals surface area contributed by atoms with E-state index in [9.17, 15) is 0 Å². The Labute approximate surface area is 97.9 Å². The zero-order valence-corrected chi connectivity index (χ0v) is 8.92. The number of hydrogen-bond donors (Lipinski definition) is 0. The summed E-state index contributed by atoms with van der Waals surface area (Å²) < 4.78 is 5.63. The van der Waals surface area contributed by atoms with Gasteiger partial charge in [-0.25, -0.2) is 4.98 Å². The molecule has 3 rings (SSSR count). The quantitative estimate of drug-likeness (QED) is 0.631. The van der Waals surface area contributed by atoms with Gasteiger partial charge in [-0.2, -0.15) is 5.26 Å². The minimum atomic E-state index is 0.545. The first-order chi connectivity index (χ1) is 8.36. The van der Waals surface area contributed by atoms with Crippen molar-refractivity contribution in [3.8, 4) is 17.5 Å². The van der Waals surface area contributed by atoms with Crippen LogP contribution in [-0.4, -0.2) is 4.98 Å². The van der Waals surface area contributed by atoms with Gasteiger partial charge in [0.25, 0.3) is 0 Å². The first-order valence-electron chi connectivity index (χ1n) is 5.23. The SMILES string of the molecule is N#Cc1cccc(-c2nc3ccccc3o2)c1. The lowest BCUT2D eigenvalue weighted by Crippen LogP contribution is -1.79. The molecule has 0 radical (unpaired) electrons. The molecular formula is C14H8N2O. The van der Waals surface area contributed by atoms with E-state index in [4.69, 9.17) is 9.68 Å². The number of nitrogens with zero attached hydrogens (tertiary/aromatic N) is 2. The third-order valence-electron chi connectivity index (χ3n) is 2.53. The molecule has 0 unspecified atom stereocenters. The molecule has 0 atom stereocenters. The molecule has 0 bridgehead atoms. The summed E-state index contributed by atoms with van der Waals surface area (Å²) in [6.07, 6.45) is 0. The van der Waals surface area contributed by atoms with Crippen LogP contribution in [0, 0.1) is 11.3 Å². The second-order valence-electron chi connectivity index (χ2n) is 3.68. The Hall–Kier alpha value is -2.60. The fraction of sp³-hybridized carbons (Fsp3) is 0. The lowest BCUT2D eigenvalue weighted by Gasteiger charge is -1.94. The molecule has 0 aliphatic heterocycles. The minimum Gasteiger partial charge on any atom is -0.436 e. The molecule has 0 aliphatic carbocycles. The van der Waals surface area contributed by atoms with Gasteiger partial charge >= 0.3 is 0 Å². The molecule has 0 spiro atoms. The van der Waals surface area contributed by atoms with E-state index in [0.717, 1.165) is 16.7 Å². The third kappa shape index (κ3) is 1.66. The van der Waals surface area contributed by atoms with Crippen LogP contribution < -0.4 is 0 Å². The Morgan fingerprint density at radius 1 is 1.06 bits per heavy atom. The number of rotatable bonds is 1. The zero-order chi connectivity index (χ0) is 11.7. The van der Waals surface area contributed by atoms with Crippen LogP contribution in [0.3, 0.4) is 0 Å². The van der Waals surface area contributed by atoms with E-state index in [0.29, 0.717) is 11.5 Å². The van der Waals surface area contributed by atoms with Gasteiger partial charge in [-0.3, -0.25) is 0 Å². The average Bonchev–Trinajstić information content (AvgIpc) is 2.82. The Bertz CT molecular complexity index is 689. The van der Waals surface area contributed by atoms with Crippen molar-refractivity contribution in [1.82, 2.24) is 4.98 Å². The second kappa shape index (κ2) is 3.76. The summed E-state index contributed by atoms with van der Waals surface area (Å²) in [4.78, 5) is 4.38. The number of aromatic nitrogens is 1. The van der Waals surface area contributed by atoms with Gasteiger partial charge in [0.05, 0.1) is 11.6 Å². The van der Waals surface area contributed by atoms with Crippen molar-refractivity contribution in [3.05, 3.63) is 54.1 Å². The summed E-state index contributed by atoms with van der Waals surface area (Å²) in [5.41, 5.74) is 3.00. The van der Waals surface area contributed by atoms with Gasteiger partial charge in [0.2, 0.25) is 5.89 Å². The first-order valence-corrected chi connectivity index (χ1v) is 5.23. The van der Waals surface area contributed by atoms with Crippen molar-refractivity contribution in [3.63, 3.8) is 0 Å². The predicted octanol–water partition coefficient (Wildman–Crippen LogP) is 3.37. The fourth-order valence-corrected chi connectivity index (χ4v) is 1.72. The van der Waals surface area contributed by atoms with E-state index in [-0.39, 0.29) is 0 Å². The Balaban J connectivity index is 2.17. The highest BCUT2D eigenvalue weighted by Crippen LogP contribution is 2.24. The van der Waals surface area contributed by atoms with Crippen LogP contribution in [0.5, 0.6) is 0 Å². The highest BCUT2D eigenvalue weighted by Gasteiger charge is 2.07. The van der Waals surface area contributed by atoms with Crippen LogP contribution in [0.1, 0.15) is 5.56 Å². The molecule has 0 saturated heterocycles. The molecule has 0 saturated carbocycles. The molecule has 2 aromatic carbocycles. The molecule has 3 nitrogen and oxygen atoms in total. The molecule has 0 aliphatic rings. The number of nitriles is 1. The number of fused-ring (bicyclic) bond motifs is 1. The Kier molecular flexibility index (Phi) is 2.13. The van der Waals surface area contributed by atoms with Crippen LogP contribution in [0.2, 0.25) is 0 Å². The van der Waals surface area contributed by atoms with Crippen molar-refractivity contribution in [2.75, 3.05) is 0 Å². The topological polar surface area (TPSA) is 49.8 Å². The third-order valence-corrected chi connectivity index (χ3v) is 2.53. The Morgan fingerprint density at radius 3 is 2.76 bits per heavy atom. The molecule has 1 aromatic heterocycles. The maximum Gasteiger partial charge on any atom is 0.227 e. The predicted molar refractivity (Wildman–Crippen MR) is 64.2 cm³/mol. The minimum absolute atomic E-state index is 0.545. The van der Waals surface area contributed by atoms with Crippen molar-refractivity contribution < 1.29 is 4.42 Å². The summed E-state index contributed by atoms with van der Waals surface area (Å²) in [6.45, 7) is 0. The maximum absolute atomic E-state index is 8.85. The first kappa shape index (κ1) is 9.61. The molecule has 80 valence electrons. The lowest BCUT2D eigenvalue weighted by atomic mass is 10.1. The monoisotopic (exact) mass is 220 g/mol. The summed E-state index contributed by atoms with van der Waals surface area (Å²) in [7, 11) is 0. The Morgan fingerprint density at radius 2 is 1.94 bits per heavy atom. The molecule has 0 amide bonds. The van der Waals surface area contributed by atoms with Gasteiger partial charge in [0.15, 0.2) is 5.58 Å². The normalized spacial score (nSPS) is 10.3. The van der Waals surface area contributed by atoms with Gasteiger partial charge in [-0.1, -0.05) is 18.2 Å². The van der Waals surface area contributed by atoms with Gasteiger partial charge in [0.1, 0.15) is 5.52 Å². The van der Waals surface area contributed by atoms with E-state index >= 15 is 0 Å². The molecule has 3 heteroatoms. The standard InChI is InChI=1S/C14H8N2O/c15-9-10-4-3-5-11(8-10)14-16-12-6-1-2-7-13(12)17-14/h1-8H. The largest absolute Gasteiger partial charge is 0.436 e. The molecule has 3 aromatic rings. The summed E-state index contributed by atoms with van der Waals surface area (Å²) in [5, 5.41) is 8.85. The van der Waals surface area contributed by atoms with Crippen LogP contribution >= 0.6 is 0 Å². The van der Waals surface area contributed by atoms with Crippen molar-refractivity contribution in [1.29, 1.82) is 5.26 Å². The van der Waals surface area contributed by atoms with E-state index in [1.165, 1.54) is 0 Å². The number of oxazole rings is 1. The van der Waals surface area contributed by atoms with E-state index in [1.807, 2.05) is 36.4 Å². The molecule has 17 heavy (non-hydrogen) atoms. The van der Waals surface area contributed by atoms with Crippen LogP contribution in [0.4, 0.5) is 0 Å². The summed E-state index contributed by atoms with van der Waals surface area (Å²) >= 11 is 0. The van der Waals surface area contributed by atoms with Gasteiger partial charge in [0, 0.05) is 5.56 Å². The number of hydrogen-bond acceptors (Lipinski definition) is 3.